The Morgan fingerprint density at radius 3 is 2.53 bits per heavy atom. The number of halogens is 1. The van der Waals surface area contributed by atoms with Crippen molar-refractivity contribution in [2.45, 2.75) is 26.2 Å². The Kier molecular flexibility index (Phi) is 5.39. The molecule has 0 spiro atoms. The van der Waals surface area contributed by atoms with E-state index in [2.05, 4.69) is 6.58 Å². The molecule has 1 atom stereocenters. The minimum absolute atomic E-state index is 0.0180. The normalized spacial score (nSPS) is 21.7. The van der Waals surface area contributed by atoms with E-state index in [4.69, 9.17) is 14.3 Å². The maximum Gasteiger partial charge on any atom is 0.516 e. The number of carbonyl (C=O) groups is 2. The van der Waals surface area contributed by atoms with Crippen LogP contribution in [0, 0.1) is 5.82 Å². The molecule has 2 saturated heterocycles. The van der Waals surface area contributed by atoms with Gasteiger partial charge in [-0.05, 0) is 19.1 Å². The van der Waals surface area contributed by atoms with Gasteiger partial charge in [0.25, 0.3) is 5.79 Å². The van der Waals surface area contributed by atoms with Crippen LogP contribution >= 0.6 is 0 Å². The maximum atomic E-state index is 15.0. The highest BCUT2D eigenvalue weighted by Crippen LogP contribution is 2.32. The predicted molar refractivity (Wildman–Crippen MR) is 111 cm³/mol. The molecule has 11 heteroatoms. The zero-order valence-corrected chi connectivity index (χ0v) is 17.6. The molecular weight excluding hydrogens is 425 g/mol. The lowest BCUT2D eigenvalue weighted by Crippen LogP contribution is -2.50. The topological polar surface area (TPSA) is 111 Å². The zero-order chi connectivity index (χ0) is 23.2. The van der Waals surface area contributed by atoms with Crippen molar-refractivity contribution in [2.24, 2.45) is 0 Å². The van der Waals surface area contributed by atoms with Gasteiger partial charge in [-0.3, -0.25) is 4.79 Å². The molecule has 1 unspecified atom stereocenters. The van der Waals surface area contributed by atoms with E-state index in [-0.39, 0.29) is 11.1 Å². The molecule has 0 aliphatic carbocycles. The third kappa shape index (κ3) is 3.69. The van der Waals surface area contributed by atoms with Crippen LogP contribution in [0.3, 0.4) is 0 Å². The molecule has 0 amide bonds. The van der Waals surface area contributed by atoms with Crippen molar-refractivity contribution in [2.75, 3.05) is 31.1 Å². The predicted octanol–water partition coefficient (Wildman–Crippen LogP) is 2.31. The van der Waals surface area contributed by atoms with Crippen LogP contribution in [0.2, 0.25) is 0 Å². The number of aryl methyl sites for hydroxylation is 1. The number of hydrogen-bond acceptors (Lipinski definition) is 8. The van der Waals surface area contributed by atoms with Gasteiger partial charge in [-0.2, -0.15) is 5.06 Å². The smallest absolute Gasteiger partial charge is 0.477 e. The number of hydrogen-bond donors (Lipinski definition) is 1. The van der Waals surface area contributed by atoms with E-state index in [1.165, 1.54) is 13.1 Å². The SMILES string of the molecule is C=C1OC(=O)OC1(C)ON1CCN(c2cc3c(cc2F)c(=O)c(C(=O)O)cn3CC)CC1. The van der Waals surface area contributed by atoms with Crippen LogP contribution in [0.15, 0.2) is 35.5 Å². The van der Waals surface area contributed by atoms with E-state index in [0.717, 1.165) is 6.07 Å². The van der Waals surface area contributed by atoms with E-state index in [1.54, 1.807) is 20.6 Å². The summed E-state index contributed by atoms with van der Waals surface area (Å²) in [6, 6.07) is 2.66. The number of hydroxylamine groups is 2. The Labute approximate surface area is 181 Å². The third-order valence-electron chi connectivity index (χ3n) is 5.59. The number of aromatic nitrogens is 1. The molecule has 1 N–H and O–H groups in total. The first-order valence-electron chi connectivity index (χ1n) is 10.0. The van der Waals surface area contributed by atoms with Crippen LogP contribution in [-0.2, 0) is 20.9 Å². The number of rotatable bonds is 5. The standard InChI is InChI=1S/C21H22FN3O7/c1-4-23-11-14(19(27)28)18(26)13-9-15(22)17(10-16(13)23)24-5-7-25(8-6-24)32-21(3)12(2)30-20(29)31-21/h9-11H,2,4-8H2,1,3H3,(H,27,28). The Balaban J connectivity index is 1.57. The average molecular weight is 447 g/mol. The highest BCUT2D eigenvalue weighted by molar-refractivity contribution is 5.93. The summed E-state index contributed by atoms with van der Waals surface area (Å²) in [5.74, 6) is -3.35. The summed E-state index contributed by atoms with van der Waals surface area (Å²) in [6.07, 6.45) is 0.390. The number of aromatic carboxylic acids is 1. The van der Waals surface area contributed by atoms with Gasteiger partial charge in [-0.25, -0.2) is 18.8 Å². The van der Waals surface area contributed by atoms with Crippen LogP contribution in [0.4, 0.5) is 14.9 Å². The second-order valence-corrected chi connectivity index (χ2v) is 7.61. The second kappa shape index (κ2) is 7.92. The number of anilines is 1. The summed E-state index contributed by atoms with van der Waals surface area (Å²) in [4.78, 5) is 42.8. The largest absolute Gasteiger partial charge is 0.516 e. The number of carbonyl (C=O) groups excluding carboxylic acids is 1. The molecule has 32 heavy (non-hydrogen) atoms. The van der Waals surface area contributed by atoms with Gasteiger partial charge in [0.15, 0.2) is 5.76 Å². The monoisotopic (exact) mass is 447 g/mol. The molecule has 10 nitrogen and oxygen atoms in total. The Bertz CT molecular complexity index is 1190. The third-order valence-corrected chi connectivity index (χ3v) is 5.59. The second-order valence-electron chi connectivity index (χ2n) is 7.61. The molecule has 0 radical (unpaired) electrons. The Morgan fingerprint density at radius 2 is 1.97 bits per heavy atom. The van der Waals surface area contributed by atoms with Crippen LogP contribution in [-0.4, -0.2) is 58.8 Å². The molecule has 2 aliphatic rings. The summed E-state index contributed by atoms with van der Waals surface area (Å²) in [6.45, 7) is 8.89. The number of pyridine rings is 1. The Morgan fingerprint density at radius 1 is 1.28 bits per heavy atom. The van der Waals surface area contributed by atoms with Crippen molar-refractivity contribution in [3.05, 3.63) is 52.3 Å². The molecule has 2 fully saturated rings. The summed E-state index contributed by atoms with van der Waals surface area (Å²) in [5.41, 5.74) is -0.365. The number of fused-ring (bicyclic) bond motifs is 1. The molecule has 170 valence electrons. The van der Waals surface area contributed by atoms with Gasteiger partial charge in [0, 0.05) is 51.2 Å². The minimum atomic E-state index is -1.42. The first-order chi connectivity index (χ1) is 15.1. The fraction of sp³-hybridized carbons (Fsp3) is 0.381. The molecule has 2 aliphatic heterocycles. The number of ether oxygens (including phenoxy) is 2. The van der Waals surface area contributed by atoms with E-state index in [1.807, 2.05) is 6.92 Å². The number of nitrogens with zero attached hydrogens (tertiary/aromatic N) is 3. The van der Waals surface area contributed by atoms with E-state index in [0.29, 0.717) is 43.9 Å². The van der Waals surface area contributed by atoms with Gasteiger partial charge in [0.05, 0.1) is 11.2 Å². The number of benzene rings is 1. The molecule has 0 bridgehead atoms. The van der Waals surface area contributed by atoms with Crippen LogP contribution < -0.4 is 10.3 Å². The lowest BCUT2D eigenvalue weighted by molar-refractivity contribution is -0.295. The van der Waals surface area contributed by atoms with E-state index < -0.39 is 34.7 Å². The number of carboxylic acid groups (broad SMARTS) is 1. The lowest BCUT2D eigenvalue weighted by Gasteiger charge is -2.38. The number of carboxylic acids is 1. The first kappa shape index (κ1) is 21.8. The van der Waals surface area contributed by atoms with E-state index in [9.17, 15) is 23.9 Å². The highest BCUT2D eigenvalue weighted by Gasteiger charge is 2.46. The fourth-order valence-corrected chi connectivity index (χ4v) is 3.82. The van der Waals surface area contributed by atoms with E-state index >= 15 is 0 Å². The van der Waals surface area contributed by atoms with Crippen LogP contribution in [0.1, 0.15) is 24.2 Å². The summed E-state index contributed by atoms with van der Waals surface area (Å²) < 4.78 is 26.4. The van der Waals surface area contributed by atoms with Gasteiger partial charge >= 0.3 is 12.1 Å². The van der Waals surface area contributed by atoms with Gasteiger partial charge in [-0.15, -0.1) is 0 Å². The Hall–Kier alpha value is -3.44. The van der Waals surface area contributed by atoms with Crippen LogP contribution in [0.5, 0.6) is 0 Å². The van der Waals surface area contributed by atoms with Crippen molar-refractivity contribution in [1.82, 2.24) is 9.63 Å². The van der Waals surface area contributed by atoms with Gasteiger partial charge in [-0.1, -0.05) is 6.58 Å². The van der Waals surface area contributed by atoms with Gasteiger partial charge < -0.3 is 24.0 Å². The van der Waals surface area contributed by atoms with Gasteiger partial charge in [0.2, 0.25) is 5.43 Å². The average Bonchev–Trinajstić information content (AvgIpc) is 2.99. The lowest BCUT2D eigenvalue weighted by atomic mass is 10.1. The van der Waals surface area contributed by atoms with Crippen LogP contribution in [0.25, 0.3) is 10.9 Å². The summed E-state index contributed by atoms with van der Waals surface area (Å²) in [7, 11) is 0. The van der Waals surface area contributed by atoms with Crippen molar-refractivity contribution in [3.8, 4) is 0 Å². The zero-order valence-electron chi connectivity index (χ0n) is 17.6. The minimum Gasteiger partial charge on any atom is -0.477 e. The molecule has 3 heterocycles. The first-order valence-corrected chi connectivity index (χ1v) is 10.0. The number of cyclic esters (lactones) is 2. The number of piperazine rings is 1. The molecular formula is C21H22FN3O7. The molecule has 2 aromatic rings. The van der Waals surface area contributed by atoms with Gasteiger partial charge in [0.1, 0.15) is 11.4 Å². The quantitative estimate of drug-likeness (QED) is 0.690. The van der Waals surface area contributed by atoms with Crippen molar-refractivity contribution in [3.63, 3.8) is 0 Å². The van der Waals surface area contributed by atoms with Crippen molar-refractivity contribution < 1.29 is 33.4 Å². The molecule has 1 aromatic carbocycles. The van der Waals surface area contributed by atoms with Crippen molar-refractivity contribution >= 4 is 28.7 Å². The fourth-order valence-electron chi connectivity index (χ4n) is 3.82. The summed E-state index contributed by atoms with van der Waals surface area (Å²) >= 11 is 0. The highest BCUT2D eigenvalue weighted by atomic mass is 19.1. The molecule has 1 aromatic heterocycles. The molecule has 0 saturated carbocycles. The van der Waals surface area contributed by atoms with Crippen molar-refractivity contribution in [1.29, 1.82) is 0 Å². The summed E-state index contributed by atoms with van der Waals surface area (Å²) in [5, 5.41) is 10.9. The molecule has 4 rings (SSSR count). The maximum absolute atomic E-state index is 15.0.